The van der Waals surface area contributed by atoms with Crippen LogP contribution in [0.2, 0.25) is 0 Å². The standard InChI is InChI=1S/C16H18N2O4S2/c1-10-8-12(5-7-15(10)23-3)22-14-6-4-11(18-24(20)21)9-13(14)16(19)17-2/h4-9,18H,1-3H3,(H,17,19)(H,20,21). The topological polar surface area (TPSA) is 87.7 Å². The maximum absolute atomic E-state index is 12.1. The van der Waals surface area contributed by atoms with Gasteiger partial charge in [-0.2, -0.15) is 0 Å². The van der Waals surface area contributed by atoms with Crippen LogP contribution in [-0.4, -0.2) is 28.0 Å². The summed E-state index contributed by atoms with van der Waals surface area (Å²) in [5.41, 5.74) is 1.69. The van der Waals surface area contributed by atoms with Crippen LogP contribution in [0.4, 0.5) is 5.69 Å². The van der Waals surface area contributed by atoms with Gasteiger partial charge in [-0.05, 0) is 55.1 Å². The monoisotopic (exact) mass is 366 g/mol. The molecule has 1 atom stereocenters. The van der Waals surface area contributed by atoms with E-state index in [9.17, 15) is 9.00 Å². The van der Waals surface area contributed by atoms with Gasteiger partial charge >= 0.3 is 0 Å². The first-order valence-electron chi connectivity index (χ1n) is 7.00. The van der Waals surface area contributed by atoms with Crippen LogP contribution in [0, 0.1) is 6.92 Å². The first-order chi connectivity index (χ1) is 11.4. The largest absolute Gasteiger partial charge is 0.457 e. The Kier molecular flexibility index (Phi) is 6.24. The maximum Gasteiger partial charge on any atom is 0.259 e. The molecule has 1 unspecified atom stereocenters. The summed E-state index contributed by atoms with van der Waals surface area (Å²) in [7, 11) is 1.51. The summed E-state index contributed by atoms with van der Waals surface area (Å²) in [6.45, 7) is 1.99. The Morgan fingerprint density at radius 3 is 2.58 bits per heavy atom. The maximum atomic E-state index is 12.1. The molecule has 2 aromatic rings. The van der Waals surface area contributed by atoms with E-state index in [-0.39, 0.29) is 11.5 Å². The van der Waals surface area contributed by atoms with Crippen molar-refractivity contribution in [2.45, 2.75) is 11.8 Å². The van der Waals surface area contributed by atoms with E-state index in [2.05, 4.69) is 10.0 Å². The molecule has 128 valence electrons. The van der Waals surface area contributed by atoms with Crippen molar-refractivity contribution in [3.63, 3.8) is 0 Å². The highest BCUT2D eigenvalue weighted by Crippen LogP contribution is 2.31. The second-order valence-corrected chi connectivity index (χ2v) is 6.43. The number of carbonyl (C=O) groups excluding carboxylic acids is 1. The average Bonchev–Trinajstić information content (AvgIpc) is 2.55. The van der Waals surface area contributed by atoms with Crippen LogP contribution in [0.15, 0.2) is 41.3 Å². The Hall–Kier alpha value is -2.03. The highest BCUT2D eigenvalue weighted by Gasteiger charge is 2.14. The van der Waals surface area contributed by atoms with Crippen molar-refractivity contribution in [2.75, 3.05) is 18.0 Å². The number of hydrogen-bond donors (Lipinski definition) is 3. The third-order valence-electron chi connectivity index (χ3n) is 3.25. The van der Waals surface area contributed by atoms with Crippen molar-refractivity contribution in [3.8, 4) is 11.5 Å². The van der Waals surface area contributed by atoms with Gasteiger partial charge in [-0.25, -0.2) is 4.21 Å². The fraction of sp³-hybridized carbons (Fsp3) is 0.188. The lowest BCUT2D eigenvalue weighted by Crippen LogP contribution is -2.19. The Morgan fingerprint density at radius 2 is 2.00 bits per heavy atom. The molecule has 0 aliphatic heterocycles. The van der Waals surface area contributed by atoms with Crippen LogP contribution in [-0.2, 0) is 11.3 Å². The number of aryl methyl sites for hydroxylation is 1. The number of anilines is 1. The molecule has 0 radical (unpaired) electrons. The van der Waals surface area contributed by atoms with Crippen LogP contribution in [0.5, 0.6) is 11.5 Å². The predicted molar refractivity (Wildman–Crippen MR) is 97.3 cm³/mol. The quantitative estimate of drug-likeness (QED) is 0.539. The minimum Gasteiger partial charge on any atom is -0.457 e. The van der Waals surface area contributed by atoms with Gasteiger partial charge in [-0.1, -0.05) is 0 Å². The van der Waals surface area contributed by atoms with Crippen molar-refractivity contribution >= 4 is 34.6 Å². The lowest BCUT2D eigenvalue weighted by Gasteiger charge is -2.13. The summed E-state index contributed by atoms with van der Waals surface area (Å²) in [6, 6.07) is 10.3. The fourth-order valence-corrected chi connectivity index (χ4v) is 3.05. The lowest BCUT2D eigenvalue weighted by atomic mass is 10.1. The number of hydrogen-bond acceptors (Lipinski definition) is 4. The third kappa shape index (κ3) is 4.50. The van der Waals surface area contributed by atoms with Crippen molar-refractivity contribution in [1.29, 1.82) is 0 Å². The second kappa shape index (κ2) is 8.18. The van der Waals surface area contributed by atoms with Crippen molar-refractivity contribution in [2.24, 2.45) is 0 Å². The van der Waals surface area contributed by atoms with Gasteiger partial charge in [0.05, 0.1) is 5.56 Å². The lowest BCUT2D eigenvalue weighted by molar-refractivity contribution is 0.0961. The molecule has 0 heterocycles. The highest BCUT2D eigenvalue weighted by atomic mass is 32.2. The van der Waals surface area contributed by atoms with Crippen molar-refractivity contribution in [3.05, 3.63) is 47.5 Å². The molecule has 1 amide bonds. The molecule has 24 heavy (non-hydrogen) atoms. The minimum absolute atomic E-state index is 0.263. The van der Waals surface area contributed by atoms with Gasteiger partial charge in [0.15, 0.2) is 0 Å². The zero-order valence-corrected chi connectivity index (χ0v) is 15.1. The van der Waals surface area contributed by atoms with E-state index in [1.54, 1.807) is 23.9 Å². The number of carbonyl (C=O) groups is 1. The van der Waals surface area contributed by atoms with E-state index in [1.807, 2.05) is 31.4 Å². The van der Waals surface area contributed by atoms with Crippen molar-refractivity contribution in [1.82, 2.24) is 5.32 Å². The molecular formula is C16H18N2O4S2. The van der Waals surface area contributed by atoms with Crippen LogP contribution in [0.25, 0.3) is 0 Å². The summed E-state index contributed by atoms with van der Waals surface area (Å²) in [4.78, 5) is 13.2. The normalized spacial score (nSPS) is 11.7. The molecule has 0 aliphatic carbocycles. The van der Waals surface area contributed by atoms with E-state index in [0.717, 1.165) is 10.5 Å². The zero-order valence-electron chi connectivity index (χ0n) is 13.5. The van der Waals surface area contributed by atoms with Crippen LogP contribution >= 0.6 is 11.8 Å². The van der Waals surface area contributed by atoms with E-state index >= 15 is 0 Å². The molecule has 2 aromatic carbocycles. The van der Waals surface area contributed by atoms with E-state index in [4.69, 9.17) is 9.29 Å². The zero-order chi connectivity index (χ0) is 17.7. The molecule has 8 heteroatoms. The molecule has 0 bridgehead atoms. The molecular weight excluding hydrogens is 348 g/mol. The van der Waals surface area contributed by atoms with E-state index in [1.165, 1.54) is 13.1 Å². The highest BCUT2D eigenvalue weighted by molar-refractivity contribution is 7.98. The second-order valence-electron chi connectivity index (χ2n) is 4.87. The van der Waals surface area contributed by atoms with Gasteiger partial charge in [0.25, 0.3) is 17.2 Å². The van der Waals surface area contributed by atoms with Gasteiger partial charge in [0.2, 0.25) is 0 Å². The van der Waals surface area contributed by atoms with Gasteiger partial charge in [-0.3, -0.25) is 14.1 Å². The number of amides is 1. The Balaban J connectivity index is 2.36. The third-order valence-corrected chi connectivity index (χ3v) is 4.56. The summed E-state index contributed by atoms with van der Waals surface area (Å²) < 4.78 is 27.9. The van der Waals surface area contributed by atoms with Crippen molar-refractivity contribution < 1.29 is 18.3 Å². The van der Waals surface area contributed by atoms with E-state index < -0.39 is 11.3 Å². The van der Waals surface area contributed by atoms with Gasteiger partial charge in [0, 0.05) is 17.6 Å². The number of benzene rings is 2. The molecule has 0 saturated carbocycles. The molecule has 0 aliphatic rings. The molecule has 0 saturated heterocycles. The van der Waals surface area contributed by atoms with Gasteiger partial charge in [-0.15, -0.1) is 11.8 Å². The summed E-state index contributed by atoms with van der Waals surface area (Å²) in [5.74, 6) is 0.622. The van der Waals surface area contributed by atoms with Crippen LogP contribution in [0.1, 0.15) is 15.9 Å². The first-order valence-corrected chi connectivity index (χ1v) is 9.34. The fourth-order valence-electron chi connectivity index (χ4n) is 2.14. The first kappa shape index (κ1) is 18.3. The number of rotatable bonds is 6. The summed E-state index contributed by atoms with van der Waals surface area (Å²) in [5, 5.41) is 2.53. The molecule has 0 aromatic heterocycles. The van der Waals surface area contributed by atoms with E-state index in [0.29, 0.717) is 17.2 Å². The Labute approximate surface area is 147 Å². The summed E-state index contributed by atoms with van der Waals surface area (Å²) in [6.07, 6.45) is 2.00. The predicted octanol–water partition coefficient (Wildman–Crippen LogP) is 3.42. The Bertz CT molecular complexity index is 781. The summed E-state index contributed by atoms with van der Waals surface area (Å²) >= 11 is -0.567. The smallest absolute Gasteiger partial charge is 0.259 e. The van der Waals surface area contributed by atoms with Gasteiger partial charge < -0.3 is 10.1 Å². The number of nitrogens with one attached hydrogen (secondary N) is 2. The molecule has 0 spiro atoms. The number of ether oxygens (including phenoxy) is 1. The van der Waals surface area contributed by atoms with Gasteiger partial charge in [0.1, 0.15) is 11.5 Å². The SMILES string of the molecule is CNC(=O)c1cc(NS(=O)O)ccc1Oc1ccc(SC)c(C)c1. The Morgan fingerprint density at radius 1 is 1.25 bits per heavy atom. The van der Waals surface area contributed by atoms with Crippen LogP contribution in [0.3, 0.4) is 0 Å². The molecule has 3 N–H and O–H groups in total. The minimum atomic E-state index is -2.22. The molecule has 2 rings (SSSR count). The molecule has 0 fully saturated rings. The molecule has 6 nitrogen and oxygen atoms in total. The number of thioether (sulfide) groups is 1. The average molecular weight is 366 g/mol. The van der Waals surface area contributed by atoms with Crippen LogP contribution < -0.4 is 14.8 Å².